The van der Waals surface area contributed by atoms with Crippen LogP contribution in [0.4, 0.5) is 5.95 Å². The predicted octanol–water partition coefficient (Wildman–Crippen LogP) is 2.93. The number of benzene rings is 2. The van der Waals surface area contributed by atoms with Gasteiger partial charge in [-0.05, 0) is 40.6 Å². The molecule has 0 bridgehead atoms. The van der Waals surface area contributed by atoms with Crippen molar-refractivity contribution in [1.29, 1.82) is 0 Å². The SMILES string of the molecule is CC1=C(C(=O)NCc2ccccc2)[C@@H](c2ccc(Cl)cc2)n2nnnc2N1. The maximum Gasteiger partial charge on any atom is 0.251 e. The molecule has 27 heavy (non-hydrogen) atoms. The van der Waals surface area contributed by atoms with Crippen LogP contribution in [0.5, 0.6) is 0 Å². The monoisotopic (exact) mass is 380 g/mol. The molecule has 3 aromatic rings. The van der Waals surface area contributed by atoms with Gasteiger partial charge in [-0.3, -0.25) is 4.79 Å². The van der Waals surface area contributed by atoms with Crippen LogP contribution < -0.4 is 10.6 Å². The van der Waals surface area contributed by atoms with Gasteiger partial charge in [-0.2, -0.15) is 4.68 Å². The van der Waals surface area contributed by atoms with Gasteiger partial charge in [0.05, 0.1) is 5.57 Å². The number of hydrogen-bond acceptors (Lipinski definition) is 5. The molecule has 2 aromatic carbocycles. The van der Waals surface area contributed by atoms with Gasteiger partial charge in [0.2, 0.25) is 5.95 Å². The Kier molecular flexibility index (Phi) is 4.60. The van der Waals surface area contributed by atoms with Gasteiger partial charge >= 0.3 is 0 Å². The zero-order valence-electron chi connectivity index (χ0n) is 14.6. The highest BCUT2D eigenvalue weighted by Crippen LogP contribution is 2.34. The topological polar surface area (TPSA) is 84.7 Å². The third-order valence-electron chi connectivity index (χ3n) is 4.44. The van der Waals surface area contributed by atoms with Crippen molar-refractivity contribution in [3.63, 3.8) is 0 Å². The van der Waals surface area contributed by atoms with Crippen molar-refractivity contribution in [3.8, 4) is 0 Å². The number of amides is 1. The summed E-state index contributed by atoms with van der Waals surface area (Å²) in [6, 6.07) is 16.7. The molecule has 4 rings (SSSR count). The molecule has 2 N–H and O–H groups in total. The van der Waals surface area contributed by atoms with E-state index in [2.05, 4.69) is 26.2 Å². The Morgan fingerprint density at radius 1 is 1.19 bits per heavy atom. The summed E-state index contributed by atoms with van der Waals surface area (Å²) in [5.41, 5.74) is 3.17. The number of nitrogens with zero attached hydrogens (tertiary/aromatic N) is 4. The molecule has 1 aromatic heterocycles. The van der Waals surface area contributed by atoms with Gasteiger partial charge < -0.3 is 10.6 Å². The molecule has 0 saturated carbocycles. The second kappa shape index (κ2) is 7.20. The van der Waals surface area contributed by atoms with E-state index in [1.54, 1.807) is 16.8 Å². The van der Waals surface area contributed by atoms with Crippen LogP contribution >= 0.6 is 11.6 Å². The molecule has 0 radical (unpaired) electrons. The van der Waals surface area contributed by atoms with Gasteiger partial charge in [-0.1, -0.05) is 59.2 Å². The molecule has 1 atom stereocenters. The number of rotatable bonds is 4. The third-order valence-corrected chi connectivity index (χ3v) is 4.69. The Labute approximate surface area is 161 Å². The Morgan fingerprint density at radius 2 is 1.93 bits per heavy atom. The Bertz CT molecular complexity index is 997. The van der Waals surface area contributed by atoms with Crippen LogP contribution in [-0.2, 0) is 11.3 Å². The highest BCUT2D eigenvalue weighted by molar-refractivity contribution is 6.30. The summed E-state index contributed by atoms with van der Waals surface area (Å²) < 4.78 is 1.60. The first-order chi connectivity index (χ1) is 13.1. The van der Waals surface area contributed by atoms with E-state index in [1.165, 1.54) is 0 Å². The molecular weight excluding hydrogens is 364 g/mol. The maximum atomic E-state index is 13.0. The van der Waals surface area contributed by atoms with Crippen molar-refractivity contribution in [3.05, 3.63) is 82.0 Å². The van der Waals surface area contributed by atoms with Crippen molar-refractivity contribution in [2.45, 2.75) is 19.5 Å². The molecule has 0 aliphatic carbocycles. The molecule has 2 heterocycles. The van der Waals surface area contributed by atoms with E-state index in [0.29, 0.717) is 28.8 Å². The Hall–Kier alpha value is -3.19. The first-order valence-corrected chi connectivity index (χ1v) is 8.84. The number of nitrogens with one attached hydrogen (secondary N) is 2. The number of halogens is 1. The second-order valence-corrected chi connectivity index (χ2v) is 6.67. The van der Waals surface area contributed by atoms with E-state index < -0.39 is 6.04 Å². The van der Waals surface area contributed by atoms with E-state index in [0.717, 1.165) is 11.1 Å². The smallest absolute Gasteiger partial charge is 0.251 e. The summed E-state index contributed by atoms with van der Waals surface area (Å²) in [4.78, 5) is 13.0. The van der Waals surface area contributed by atoms with Crippen LogP contribution in [0.2, 0.25) is 5.02 Å². The molecule has 1 aliphatic heterocycles. The number of tetrazole rings is 1. The number of aromatic nitrogens is 4. The maximum absolute atomic E-state index is 13.0. The molecule has 1 amide bonds. The van der Waals surface area contributed by atoms with Crippen molar-refractivity contribution < 1.29 is 4.79 Å². The third kappa shape index (κ3) is 3.41. The molecule has 1 aliphatic rings. The summed E-state index contributed by atoms with van der Waals surface area (Å²) in [6.45, 7) is 2.28. The lowest BCUT2D eigenvalue weighted by molar-refractivity contribution is -0.118. The minimum absolute atomic E-state index is 0.176. The van der Waals surface area contributed by atoms with E-state index in [-0.39, 0.29) is 5.91 Å². The van der Waals surface area contributed by atoms with E-state index in [1.807, 2.05) is 49.4 Å². The van der Waals surface area contributed by atoms with Gasteiger partial charge in [0, 0.05) is 17.3 Å². The normalized spacial score (nSPS) is 15.9. The van der Waals surface area contributed by atoms with Gasteiger partial charge in [0.1, 0.15) is 6.04 Å². The number of anilines is 1. The molecule has 0 unspecified atom stereocenters. The molecule has 0 spiro atoms. The first-order valence-electron chi connectivity index (χ1n) is 8.47. The van der Waals surface area contributed by atoms with Gasteiger partial charge in [-0.15, -0.1) is 0 Å². The van der Waals surface area contributed by atoms with Crippen LogP contribution in [0.1, 0.15) is 24.1 Å². The van der Waals surface area contributed by atoms with Gasteiger partial charge in [0.25, 0.3) is 5.91 Å². The molecule has 136 valence electrons. The number of carbonyl (C=O) groups is 1. The van der Waals surface area contributed by atoms with Crippen molar-refractivity contribution in [2.24, 2.45) is 0 Å². The average Bonchev–Trinajstić information content (AvgIpc) is 3.14. The van der Waals surface area contributed by atoms with Crippen LogP contribution in [0, 0.1) is 0 Å². The van der Waals surface area contributed by atoms with Gasteiger partial charge in [-0.25, -0.2) is 0 Å². The highest BCUT2D eigenvalue weighted by atomic mass is 35.5. The summed E-state index contributed by atoms with van der Waals surface area (Å²) in [5.74, 6) is 0.317. The molecule has 0 fully saturated rings. The van der Waals surface area contributed by atoms with E-state index >= 15 is 0 Å². The molecule has 8 heteroatoms. The van der Waals surface area contributed by atoms with Crippen molar-refractivity contribution >= 4 is 23.5 Å². The fraction of sp³-hybridized carbons (Fsp3) is 0.158. The quantitative estimate of drug-likeness (QED) is 0.727. The minimum atomic E-state index is -0.440. The Morgan fingerprint density at radius 3 is 2.67 bits per heavy atom. The molecule has 7 nitrogen and oxygen atoms in total. The van der Waals surface area contributed by atoms with E-state index in [4.69, 9.17) is 11.6 Å². The fourth-order valence-electron chi connectivity index (χ4n) is 3.13. The fourth-order valence-corrected chi connectivity index (χ4v) is 3.26. The lowest BCUT2D eigenvalue weighted by atomic mass is 9.95. The summed E-state index contributed by atoms with van der Waals surface area (Å²) in [7, 11) is 0. The molecule has 0 saturated heterocycles. The number of fused-ring (bicyclic) bond motifs is 1. The van der Waals surface area contributed by atoms with Crippen molar-refractivity contribution in [1.82, 2.24) is 25.5 Å². The summed E-state index contributed by atoms with van der Waals surface area (Å²) >= 11 is 6.02. The van der Waals surface area contributed by atoms with Crippen molar-refractivity contribution in [2.75, 3.05) is 5.32 Å². The van der Waals surface area contributed by atoms with Crippen LogP contribution in [0.3, 0.4) is 0 Å². The first kappa shape index (κ1) is 17.2. The highest BCUT2D eigenvalue weighted by Gasteiger charge is 2.33. The molecular formula is C19H17ClN6O. The predicted molar refractivity (Wildman–Crippen MR) is 102 cm³/mol. The number of carbonyl (C=O) groups excluding carboxylic acids is 1. The lowest BCUT2D eigenvalue weighted by Crippen LogP contribution is -2.34. The van der Waals surface area contributed by atoms with Crippen LogP contribution in [-0.4, -0.2) is 26.1 Å². The Balaban J connectivity index is 1.67. The van der Waals surface area contributed by atoms with Gasteiger partial charge in [0.15, 0.2) is 0 Å². The average molecular weight is 381 g/mol. The number of allylic oxidation sites excluding steroid dienone is 1. The summed E-state index contributed by atoms with van der Waals surface area (Å²) in [5, 5.41) is 18.5. The largest absolute Gasteiger partial charge is 0.348 e. The number of hydrogen-bond donors (Lipinski definition) is 2. The van der Waals surface area contributed by atoms with Crippen LogP contribution in [0.25, 0.3) is 0 Å². The van der Waals surface area contributed by atoms with Crippen LogP contribution in [0.15, 0.2) is 65.9 Å². The minimum Gasteiger partial charge on any atom is -0.348 e. The standard InChI is InChI=1S/C19H17ClN6O/c1-12-16(18(27)21-11-13-5-3-2-4-6-13)17(14-7-9-15(20)10-8-14)26-19(22-12)23-24-25-26/h2-10,17H,11H2,1H3,(H,21,27)(H,22,23,25)/t17-/m1/s1. The zero-order valence-corrected chi connectivity index (χ0v) is 15.3. The van der Waals surface area contributed by atoms with E-state index in [9.17, 15) is 4.79 Å². The summed E-state index contributed by atoms with van der Waals surface area (Å²) in [6.07, 6.45) is 0. The second-order valence-electron chi connectivity index (χ2n) is 6.23. The zero-order chi connectivity index (χ0) is 18.8. The lowest BCUT2D eigenvalue weighted by Gasteiger charge is -2.28.